The van der Waals surface area contributed by atoms with Gasteiger partial charge in [-0.3, -0.25) is 0 Å². The topological polar surface area (TPSA) is 73.9 Å². The molecule has 0 N–H and O–H groups in total. The minimum Gasteiger partial charge on any atom is -0.367 e. The van der Waals surface area contributed by atoms with Crippen LogP contribution in [0.5, 0.6) is 0 Å². The molecule has 0 spiro atoms. The Morgan fingerprint density at radius 1 is 0.872 bits per heavy atom. The highest BCUT2D eigenvalue weighted by atomic mass is 19.4. The third kappa shape index (κ3) is 7.44. The van der Waals surface area contributed by atoms with Crippen molar-refractivity contribution in [2.45, 2.75) is 57.4 Å². The summed E-state index contributed by atoms with van der Waals surface area (Å²) in [7, 11) is 1.42. The number of rotatable bonds is 6. The van der Waals surface area contributed by atoms with Gasteiger partial charge in [0.2, 0.25) is 0 Å². The van der Waals surface area contributed by atoms with Crippen molar-refractivity contribution in [2.24, 2.45) is 7.05 Å². The molecule has 0 unspecified atom stereocenters. The summed E-state index contributed by atoms with van der Waals surface area (Å²) in [4.78, 5) is 4.17. The predicted octanol–water partition coefficient (Wildman–Crippen LogP) is 7.99. The van der Waals surface area contributed by atoms with E-state index in [1.807, 2.05) is 6.07 Å². The van der Waals surface area contributed by atoms with Crippen LogP contribution in [0.15, 0.2) is 54.6 Å². The molecule has 4 aromatic rings. The maximum Gasteiger partial charge on any atom is 0.416 e. The quantitative estimate of drug-likeness (QED) is 0.194. The Morgan fingerprint density at radius 2 is 1.51 bits per heavy atom. The van der Waals surface area contributed by atoms with Gasteiger partial charge in [-0.1, -0.05) is 23.3 Å². The first-order valence-corrected chi connectivity index (χ1v) is 14.2. The van der Waals surface area contributed by atoms with Crippen LogP contribution in [-0.4, -0.2) is 26.8 Å². The van der Waals surface area contributed by atoms with Crippen molar-refractivity contribution in [2.75, 3.05) is 16.3 Å². The molecule has 1 atom stereocenters. The van der Waals surface area contributed by atoms with Crippen molar-refractivity contribution in [3.05, 3.63) is 99.1 Å². The Balaban J connectivity index is 1.66. The van der Waals surface area contributed by atoms with E-state index in [9.17, 15) is 39.5 Å². The predicted molar refractivity (Wildman–Crippen MR) is 152 cm³/mol. The van der Waals surface area contributed by atoms with Crippen LogP contribution in [0.3, 0.4) is 0 Å². The van der Waals surface area contributed by atoms with Crippen LogP contribution >= 0.6 is 0 Å². The number of benzene rings is 3. The standard InChI is InChI=1S/C31H26F9N7/c1-18-10-24-26(4-3-9-46(27(24)14-25(18)31(38,39)40)16-20-7-5-19(15-41)6-8-20)47(28-42-44-45(2)43-28)17-21-11-22(29(32,33)34)13-23(12-21)30(35,36)37/h5-8,10-14,26H,3-4,9,16-17H2,1-2H3/t26-/m0/s1. The smallest absolute Gasteiger partial charge is 0.367 e. The van der Waals surface area contributed by atoms with Crippen molar-refractivity contribution in [1.82, 2.24) is 20.2 Å². The fourth-order valence-electron chi connectivity index (χ4n) is 5.73. The van der Waals surface area contributed by atoms with E-state index in [1.165, 1.54) is 24.9 Å². The Hall–Kier alpha value is -4.81. The fraction of sp³-hybridized carbons (Fsp3) is 0.355. The largest absolute Gasteiger partial charge is 0.416 e. The SMILES string of the molecule is Cc1cc2c(cc1C(F)(F)F)N(Cc1ccc(C#N)cc1)CCC[C@@H]2N(Cc1cc(C(F)(F)F)cc(C(F)(F)F)c1)c1nnn(C)n1. The second-order valence-electron chi connectivity index (χ2n) is 11.2. The number of tetrazole rings is 1. The molecule has 0 fully saturated rings. The van der Waals surface area contributed by atoms with Gasteiger partial charge in [0.15, 0.2) is 0 Å². The first kappa shape index (κ1) is 33.6. The first-order chi connectivity index (χ1) is 21.9. The van der Waals surface area contributed by atoms with E-state index in [4.69, 9.17) is 5.26 Å². The summed E-state index contributed by atoms with van der Waals surface area (Å²) in [5.74, 6) is -0.132. The molecular formula is C31H26F9N7. The number of nitrogens with zero attached hydrogens (tertiary/aromatic N) is 7. The van der Waals surface area contributed by atoms with E-state index < -0.39 is 47.8 Å². The number of hydrogen-bond donors (Lipinski definition) is 0. The molecule has 248 valence electrons. The molecule has 1 aliphatic rings. The molecule has 0 amide bonds. The van der Waals surface area contributed by atoms with E-state index in [1.54, 1.807) is 29.2 Å². The lowest BCUT2D eigenvalue weighted by Crippen LogP contribution is -2.30. The molecule has 5 rings (SSSR count). The van der Waals surface area contributed by atoms with Gasteiger partial charge in [0.1, 0.15) is 0 Å². The molecule has 47 heavy (non-hydrogen) atoms. The highest BCUT2D eigenvalue weighted by Crippen LogP contribution is 2.44. The van der Waals surface area contributed by atoms with Gasteiger partial charge in [-0.15, -0.1) is 5.10 Å². The molecule has 7 nitrogen and oxygen atoms in total. The third-order valence-electron chi connectivity index (χ3n) is 7.87. The van der Waals surface area contributed by atoms with E-state index in [2.05, 4.69) is 15.4 Å². The minimum atomic E-state index is -5.09. The lowest BCUT2D eigenvalue weighted by Gasteiger charge is -2.33. The number of aryl methyl sites for hydroxylation is 2. The Kier molecular flexibility index (Phi) is 8.87. The monoisotopic (exact) mass is 667 g/mol. The van der Waals surface area contributed by atoms with Gasteiger partial charge in [-0.05, 0) is 83.6 Å². The van der Waals surface area contributed by atoms with Crippen LogP contribution in [0.1, 0.15) is 63.4 Å². The van der Waals surface area contributed by atoms with Crippen LogP contribution in [0.2, 0.25) is 0 Å². The second-order valence-corrected chi connectivity index (χ2v) is 11.2. The van der Waals surface area contributed by atoms with E-state index >= 15 is 0 Å². The summed E-state index contributed by atoms with van der Waals surface area (Å²) in [6.45, 7) is 1.17. The lowest BCUT2D eigenvalue weighted by atomic mass is 9.94. The summed E-state index contributed by atoms with van der Waals surface area (Å²) >= 11 is 0. The highest BCUT2D eigenvalue weighted by molar-refractivity contribution is 5.62. The Morgan fingerprint density at radius 3 is 2.04 bits per heavy atom. The first-order valence-electron chi connectivity index (χ1n) is 14.2. The van der Waals surface area contributed by atoms with Gasteiger partial charge in [0, 0.05) is 25.3 Å². The van der Waals surface area contributed by atoms with Crippen LogP contribution in [0.25, 0.3) is 0 Å². The van der Waals surface area contributed by atoms with Crippen molar-refractivity contribution in [3.63, 3.8) is 0 Å². The van der Waals surface area contributed by atoms with E-state index in [0.29, 0.717) is 35.2 Å². The molecule has 0 saturated heterocycles. The molecule has 3 aromatic carbocycles. The van der Waals surface area contributed by atoms with Gasteiger partial charge >= 0.3 is 18.5 Å². The number of aromatic nitrogens is 4. The number of alkyl halides is 9. The number of fused-ring (bicyclic) bond motifs is 1. The normalized spacial score (nSPS) is 15.6. The molecular weight excluding hydrogens is 641 g/mol. The lowest BCUT2D eigenvalue weighted by molar-refractivity contribution is -0.143. The number of anilines is 2. The van der Waals surface area contributed by atoms with Crippen LogP contribution in [-0.2, 0) is 38.7 Å². The number of nitriles is 1. The van der Waals surface area contributed by atoms with Crippen molar-refractivity contribution < 1.29 is 39.5 Å². The van der Waals surface area contributed by atoms with Crippen LogP contribution in [0, 0.1) is 18.3 Å². The van der Waals surface area contributed by atoms with Crippen LogP contribution in [0.4, 0.5) is 51.1 Å². The highest BCUT2D eigenvalue weighted by Gasteiger charge is 2.39. The van der Waals surface area contributed by atoms with Gasteiger partial charge < -0.3 is 9.80 Å². The van der Waals surface area contributed by atoms with Gasteiger partial charge in [0.05, 0.1) is 41.4 Å². The third-order valence-corrected chi connectivity index (χ3v) is 7.87. The summed E-state index contributed by atoms with van der Waals surface area (Å²) in [6, 6.07) is 11.3. The van der Waals surface area contributed by atoms with E-state index in [-0.39, 0.29) is 48.3 Å². The van der Waals surface area contributed by atoms with Gasteiger partial charge in [-0.25, -0.2) is 0 Å². The molecule has 0 radical (unpaired) electrons. The second kappa shape index (κ2) is 12.4. The number of halogens is 9. The number of hydrogen-bond acceptors (Lipinski definition) is 6. The zero-order valence-electron chi connectivity index (χ0n) is 24.8. The van der Waals surface area contributed by atoms with Gasteiger partial charge in [0.25, 0.3) is 5.95 Å². The van der Waals surface area contributed by atoms with Crippen molar-refractivity contribution in [3.8, 4) is 6.07 Å². The summed E-state index contributed by atoms with van der Waals surface area (Å²) in [6.07, 6.45) is -14.3. The Labute approximate surface area is 262 Å². The maximum atomic E-state index is 14.2. The summed E-state index contributed by atoms with van der Waals surface area (Å²) in [5.41, 5.74) is -2.73. The minimum absolute atomic E-state index is 0.0262. The van der Waals surface area contributed by atoms with Gasteiger partial charge in [-0.2, -0.15) is 49.6 Å². The summed E-state index contributed by atoms with van der Waals surface area (Å²) < 4.78 is 125. The van der Waals surface area contributed by atoms with Crippen molar-refractivity contribution >= 4 is 11.6 Å². The maximum absolute atomic E-state index is 14.2. The fourth-order valence-corrected chi connectivity index (χ4v) is 5.73. The molecule has 0 aliphatic carbocycles. The molecule has 16 heteroatoms. The molecule has 2 heterocycles. The molecule has 0 bridgehead atoms. The Bertz CT molecular complexity index is 1750. The summed E-state index contributed by atoms with van der Waals surface area (Å²) in [5, 5.41) is 21.1. The zero-order chi connectivity index (χ0) is 34.3. The average Bonchev–Trinajstić information content (AvgIpc) is 3.34. The average molecular weight is 668 g/mol. The molecule has 1 aliphatic heterocycles. The van der Waals surface area contributed by atoms with Crippen molar-refractivity contribution in [1.29, 1.82) is 5.26 Å². The van der Waals surface area contributed by atoms with E-state index in [0.717, 1.165) is 10.9 Å². The molecule has 0 saturated carbocycles. The zero-order valence-corrected chi connectivity index (χ0v) is 24.8. The van der Waals surface area contributed by atoms with Crippen LogP contribution < -0.4 is 9.80 Å². The molecule has 1 aromatic heterocycles.